The van der Waals surface area contributed by atoms with E-state index >= 15 is 0 Å². The van der Waals surface area contributed by atoms with Crippen molar-refractivity contribution in [2.24, 2.45) is 0 Å². The SMILES string of the molecule is CC(C)(C)c1ccc2c(c1)[CH]([Zr+2]([C]1=CC=CC1)=[Si]1CCCCCCC1)c1cc(C(C)(C)C)ccc1-2.[Cl-].[Cl-]. The molecule has 3 aliphatic rings. The molecule has 2 aliphatic carbocycles. The Morgan fingerprint density at radius 2 is 1.19 bits per heavy atom. The molecule has 0 unspecified atom stereocenters. The Morgan fingerprint density at radius 3 is 1.62 bits per heavy atom. The second-order valence-electron chi connectivity index (χ2n) is 13.1. The molecule has 0 atom stereocenters. The summed E-state index contributed by atoms with van der Waals surface area (Å²) in [6.45, 7) is 14.3. The Kier molecular flexibility index (Phi) is 10.4. The van der Waals surface area contributed by atoms with E-state index in [4.69, 9.17) is 0 Å². The summed E-state index contributed by atoms with van der Waals surface area (Å²) in [6, 6.07) is 18.3. The number of rotatable bonds is 2. The summed E-state index contributed by atoms with van der Waals surface area (Å²) in [4.78, 5) is 0. The summed E-state index contributed by atoms with van der Waals surface area (Å²) in [6.07, 6.45) is 16.1. The van der Waals surface area contributed by atoms with Crippen LogP contribution in [0.15, 0.2) is 57.9 Å². The molecule has 37 heavy (non-hydrogen) atoms. The van der Waals surface area contributed by atoms with Gasteiger partial charge in [-0.15, -0.1) is 0 Å². The number of benzene rings is 2. The predicted octanol–water partition coefficient (Wildman–Crippen LogP) is 3.78. The molecule has 0 amide bonds. The van der Waals surface area contributed by atoms with E-state index in [1.807, 2.05) is 3.28 Å². The molecule has 0 nitrogen and oxygen atoms in total. The second-order valence-corrected chi connectivity index (χ2v) is 28.8. The molecule has 0 spiro atoms. The van der Waals surface area contributed by atoms with Gasteiger partial charge in [-0.25, -0.2) is 0 Å². The summed E-state index contributed by atoms with van der Waals surface area (Å²) in [7, 11) is 0. The first-order chi connectivity index (χ1) is 16.6. The molecule has 0 N–H and O–H groups in total. The van der Waals surface area contributed by atoms with Gasteiger partial charge in [0.05, 0.1) is 0 Å². The summed E-state index contributed by atoms with van der Waals surface area (Å²) in [5, 5.41) is 0. The van der Waals surface area contributed by atoms with Crippen molar-refractivity contribution in [1.82, 2.24) is 0 Å². The van der Waals surface area contributed by atoms with Crippen molar-refractivity contribution in [1.29, 1.82) is 0 Å². The molecule has 1 saturated heterocycles. The topological polar surface area (TPSA) is 0 Å². The number of halogens is 2. The van der Waals surface area contributed by atoms with Crippen LogP contribution < -0.4 is 24.8 Å². The van der Waals surface area contributed by atoms with Gasteiger partial charge in [0.15, 0.2) is 0 Å². The fourth-order valence-corrected chi connectivity index (χ4v) is 30.4. The maximum atomic E-state index is 2.66. The molecule has 0 bridgehead atoms. The van der Waals surface area contributed by atoms with Gasteiger partial charge >= 0.3 is 224 Å². The van der Waals surface area contributed by atoms with E-state index < -0.39 is 20.4 Å². The molecule has 1 fully saturated rings. The minimum atomic E-state index is -1.98. The van der Waals surface area contributed by atoms with Gasteiger partial charge in [-0.3, -0.25) is 0 Å². The van der Waals surface area contributed by atoms with Crippen LogP contribution in [-0.2, 0) is 31.2 Å². The van der Waals surface area contributed by atoms with E-state index in [0.717, 1.165) is 0 Å². The smallest absolute Gasteiger partial charge is 1.00 e. The molecular weight excluding hydrogens is 587 g/mol. The first-order valence-electron chi connectivity index (χ1n) is 14.0. The van der Waals surface area contributed by atoms with Crippen molar-refractivity contribution in [2.75, 3.05) is 0 Å². The van der Waals surface area contributed by atoms with Gasteiger partial charge in [0.2, 0.25) is 0 Å². The van der Waals surface area contributed by atoms with Crippen molar-refractivity contribution in [3.05, 3.63) is 80.2 Å². The summed E-state index contributed by atoms with van der Waals surface area (Å²) >= 11 is -1.98. The van der Waals surface area contributed by atoms with Crippen LogP contribution in [-0.4, -0.2) is 5.43 Å². The van der Waals surface area contributed by atoms with E-state index in [1.54, 1.807) is 34.3 Å². The molecule has 198 valence electrons. The molecule has 0 saturated carbocycles. The third-order valence-electron chi connectivity index (χ3n) is 8.49. The number of hydrogen-bond donors (Lipinski definition) is 0. The van der Waals surface area contributed by atoms with Crippen LogP contribution in [0.5, 0.6) is 0 Å². The molecule has 0 radical (unpaired) electrons. The largest absolute Gasteiger partial charge is 1.00 e. The van der Waals surface area contributed by atoms with Crippen LogP contribution >= 0.6 is 0 Å². The minimum absolute atomic E-state index is 0. The maximum absolute atomic E-state index is 2.66. The zero-order valence-electron chi connectivity index (χ0n) is 23.7. The van der Waals surface area contributed by atoms with Gasteiger partial charge in [-0.2, -0.15) is 0 Å². The standard InChI is InChI=1S/C21H25.C7H14Si.C5H5.2ClH.Zr/c1-20(2,3)16-7-9-18-14(12-16)11-15-13-17(21(4,5)6)8-10-19(15)18;1-2-4-6-8-7-5-3-1;1-2-4-5-3-1;;;/h7-13H,1-6H3;1-7H2;1-3H,4H2;2*1H;/q;;;;;+2/p-2. The van der Waals surface area contributed by atoms with Crippen molar-refractivity contribution in [2.45, 2.75) is 107 Å². The van der Waals surface area contributed by atoms with Gasteiger partial charge in [0, 0.05) is 0 Å². The van der Waals surface area contributed by atoms with Crippen molar-refractivity contribution in [3.8, 4) is 11.1 Å². The number of fused-ring (bicyclic) bond motifs is 3. The van der Waals surface area contributed by atoms with Gasteiger partial charge in [-0.1, -0.05) is 0 Å². The molecule has 4 heteroatoms. The van der Waals surface area contributed by atoms with Gasteiger partial charge in [-0.05, 0) is 0 Å². The minimum Gasteiger partial charge on any atom is -1.00 e. The van der Waals surface area contributed by atoms with Crippen LogP contribution in [0.1, 0.15) is 106 Å². The average Bonchev–Trinajstić information content (AvgIpc) is 3.40. The second kappa shape index (κ2) is 12.4. The molecule has 2 aromatic carbocycles. The van der Waals surface area contributed by atoms with Crippen LogP contribution in [0.2, 0.25) is 12.1 Å². The van der Waals surface area contributed by atoms with E-state index in [-0.39, 0.29) is 41.1 Å². The van der Waals surface area contributed by atoms with Crippen LogP contribution in [0, 0.1) is 0 Å². The molecular formula is C33H44Cl2SiZr. The fraction of sp³-hybridized carbons (Fsp3) is 0.515. The third-order valence-corrected chi connectivity index (χ3v) is 29.6. The Labute approximate surface area is 246 Å². The monoisotopic (exact) mass is 628 g/mol. The maximum Gasteiger partial charge on any atom is -1.00 e. The van der Waals surface area contributed by atoms with Crippen molar-refractivity contribution in [3.63, 3.8) is 0 Å². The first-order valence-corrected chi connectivity index (χ1v) is 22.3. The fourth-order valence-electron chi connectivity index (χ4n) is 6.37. The first kappa shape index (κ1) is 31.1. The Morgan fingerprint density at radius 1 is 0.703 bits per heavy atom. The molecule has 5 rings (SSSR count). The normalized spacial score (nSPS) is 17.4. The quantitative estimate of drug-likeness (QED) is 0.444. The van der Waals surface area contributed by atoms with E-state index in [1.165, 1.54) is 49.7 Å². The molecule has 1 heterocycles. The molecule has 1 aliphatic heterocycles. The van der Waals surface area contributed by atoms with Gasteiger partial charge in [0.1, 0.15) is 0 Å². The van der Waals surface area contributed by atoms with Gasteiger partial charge < -0.3 is 24.8 Å². The predicted molar refractivity (Wildman–Crippen MR) is 151 cm³/mol. The van der Waals surface area contributed by atoms with E-state index in [2.05, 4.69) is 96.2 Å². The zero-order chi connectivity index (χ0) is 24.8. The Bertz CT molecular complexity index is 1150. The van der Waals surface area contributed by atoms with Gasteiger partial charge in [0.25, 0.3) is 0 Å². The summed E-state index contributed by atoms with van der Waals surface area (Å²) in [5.74, 6) is 0. The van der Waals surface area contributed by atoms with Crippen molar-refractivity contribution < 1.29 is 45.2 Å². The zero-order valence-corrected chi connectivity index (χ0v) is 28.7. The van der Waals surface area contributed by atoms with E-state index in [9.17, 15) is 0 Å². The van der Waals surface area contributed by atoms with Crippen LogP contribution in [0.3, 0.4) is 0 Å². The Balaban J connectivity index is 0.00000190. The molecule has 2 aromatic rings. The summed E-state index contributed by atoms with van der Waals surface area (Å²) < 4.78 is 2.64. The van der Waals surface area contributed by atoms with Crippen LogP contribution in [0.4, 0.5) is 0 Å². The summed E-state index contributed by atoms with van der Waals surface area (Å²) in [5.41, 5.74) is 9.63. The molecule has 0 aromatic heterocycles. The Hall–Kier alpha value is -0.400. The number of allylic oxidation sites excluding steroid dienone is 4. The van der Waals surface area contributed by atoms with E-state index in [0.29, 0.717) is 3.63 Å². The average molecular weight is 631 g/mol. The van der Waals surface area contributed by atoms with Crippen LogP contribution in [0.25, 0.3) is 11.1 Å². The van der Waals surface area contributed by atoms with Crippen molar-refractivity contribution >= 4 is 5.43 Å². The third kappa shape index (κ3) is 6.51. The number of hydrogen-bond acceptors (Lipinski definition) is 0.